The molecule has 2 aromatic heterocycles. The maximum Gasteiger partial charge on any atom is 0.117 e. The monoisotopic (exact) mass is 305 g/mol. The fourth-order valence-electron chi connectivity index (χ4n) is 1.22. The number of alkyl halides is 1. The average Bonchev–Trinajstić information content (AvgIpc) is 2.84. The summed E-state index contributed by atoms with van der Waals surface area (Å²) in [6, 6.07) is 0.151. The first-order chi connectivity index (χ1) is 7.20. The molecule has 0 aliphatic rings. The molecule has 0 spiro atoms. The molecule has 1 unspecified atom stereocenters. The lowest BCUT2D eigenvalue weighted by atomic mass is 10.3. The number of hydrogen-bond donors (Lipinski definition) is 0. The molecule has 0 fully saturated rings. The zero-order valence-electron chi connectivity index (χ0n) is 8.02. The molecule has 2 rings (SSSR count). The Morgan fingerprint density at radius 2 is 2.47 bits per heavy atom. The van der Waals surface area contributed by atoms with Gasteiger partial charge in [0.1, 0.15) is 11.0 Å². The minimum absolute atomic E-state index is 0.151. The molecule has 0 saturated carbocycles. The van der Waals surface area contributed by atoms with Crippen LogP contribution in [0.1, 0.15) is 23.7 Å². The summed E-state index contributed by atoms with van der Waals surface area (Å²) in [6.45, 7) is 2.07. The van der Waals surface area contributed by atoms with E-state index in [1.165, 1.54) is 0 Å². The third-order valence-corrected chi connectivity index (χ3v) is 3.78. The molecule has 0 aliphatic carbocycles. The van der Waals surface area contributed by atoms with E-state index in [1.807, 2.05) is 16.3 Å². The Labute approximate surface area is 105 Å². The normalized spacial score (nSPS) is 13.0. The highest BCUT2D eigenvalue weighted by Gasteiger charge is 2.12. The molecule has 80 valence electrons. The van der Waals surface area contributed by atoms with Gasteiger partial charge in [0.05, 0.1) is 22.2 Å². The maximum absolute atomic E-state index is 5.71. The first-order valence-corrected chi connectivity index (χ1v) is 6.61. The van der Waals surface area contributed by atoms with Crippen LogP contribution in [0.25, 0.3) is 0 Å². The van der Waals surface area contributed by atoms with E-state index in [0.717, 1.165) is 15.2 Å². The van der Waals surface area contributed by atoms with E-state index in [2.05, 4.69) is 32.9 Å². The molecule has 2 heterocycles. The van der Waals surface area contributed by atoms with Crippen LogP contribution in [0, 0.1) is 0 Å². The number of hydrogen-bond acceptors (Lipinski definition) is 3. The van der Waals surface area contributed by atoms with E-state index in [4.69, 9.17) is 11.6 Å². The molecule has 3 nitrogen and oxygen atoms in total. The van der Waals surface area contributed by atoms with Crippen molar-refractivity contribution in [2.75, 3.05) is 0 Å². The Morgan fingerprint density at radius 1 is 1.67 bits per heavy atom. The molecule has 6 heteroatoms. The number of rotatable bonds is 3. The van der Waals surface area contributed by atoms with Crippen molar-refractivity contribution in [3.05, 3.63) is 32.9 Å². The average molecular weight is 307 g/mol. The second kappa shape index (κ2) is 4.63. The van der Waals surface area contributed by atoms with Crippen molar-refractivity contribution in [2.24, 2.45) is 0 Å². The Bertz CT molecular complexity index is 454. The van der Waals surface area contributed by atoms with Gasteiger partial charge in [-0.2, -0.15) is 5.10 Å². The fraction of sp³-hybridized carbons (Fsp3) is 0.333. The molecule has 2 aromatic rings. The van der Waals surface area contributed by atoms with Crippen LogP contribution < -0.4 is 0 Å². The standard InChI is InChI=1S/C9H9BrClN3S/c1-6(14-4-7(10)3-12-14)9-13-8(2-11)5-15-9/h3-6H,2H2,1H3. The lowest BCUT2D eigenvalue weighted by molar-refractivity contribution is 0.560. The minimum atomic E-state index is 0.151. The molecule has 0 aliphatic heterocycles. The van der Waals surface area contributed by atoms with Crippen LogP contribution in [0.15, 0.2) is 22.2 Å². The van der Waals surface area contributed by atoms with Crippen molar-refractivity contribution in [3.8, 4) is 0 Å². The second-order valence-corrected chi connectivity index (χ2v) is 5.20. The van der Waals surface area contributed by atoms with Crippen LogP contribution in [0.5, 0.6) is 0 Å². The smallest absolute Gasteiger partial charge is 0.117 e. The van der Waals surface area contributed by atoms with Crippen LogP contribution in [-0.2, 0) is 5.88 Å². The quantitative estimate of drug-likeness (QED) is 0.813. The van der Waals surface area contributed by atoms with Gasteiger partial charge in [0.25, 0.3) is 0 Å². The van der Waals surface area contributed by atoms with E-state index in [9.17, 15) is 0 Å². The largest absolute Gasteiger partial charge is 0.262 e. The predicted molar refractivity (Wildman–Crippen MR) is 65.4 cm³/mol. The summed E-state index contributed by atoms with van der Waals surface area (Å²) in [4.78, 5) is 4.42. The van der Waals surface area contributed by atoms with Gasteiger partial charge in [0.2, 0.25) is 0 Å². The van der Waals surface area contributed by atoms with Crippen molar-refractivity contribution >= 4 is 38.9 Å². The molecule has 0 amide bonds. The van der Waals surface area contributed by atoms with Crippen molar-refractivity contribution in [2.45, 2.75) is 18.8 Å². The van der Waals surface area contributed by atoms with Gasteiger partial charge in [0, 0.05) is 11.6 Å². The lowest BCUT2D eigenvalue weighted by Crippen LogP contribution is -2.06. The van der Waals surface area contributed by atoms with Gasteiger partial charge < -0.3 is 0 Å². The maximum atomic E-state index is 5.71. The van der Waals surface area contributed by atoms with E-state index in [0.29, 0.717) is 5.88 Å². The molecular weight excluding hydrogens is 298 g/mol. The van der Waals surface area contributed by atoms with Gasteiger partial charge in [-0.1, -0.05) is 0 Å². The molecular formula is C9H9BrClN3S. The topological polar surface area (TPSA) is 30.7 Å². The predicted octanol–water partition coefficient (Wildman–Crippen LogP) is 3.45. The van der Waals surface area contributed by atoms with Crippen molar-refractivity contribution in [1.29, 1.82) is 0 Å². The highest BCUT2D eigenvalue weighted by Crippen LogP contribution is 2.23. The summed E-state index contributed by atoms with van der Waals surface area (Å²) in [5.41, 5.74) is 0.926. The van der Waals surface area contributed by atoms with Crippen LogP contribution in [0.3, 0.4) is 0 Å². The highest BCUT2D eigenvalue weighted by molar-refractivity contribution is 9.10. The molecule has 0 radical (unpaired) electrons. The molecule has 0 bridgehead atoms. The summed E-state index contributed by atoms with van der Waals surface area (Å²) < 4.78 is 2.85. The number of thiazole rings is 1. The van der Waals surface area contributed by atoms with Crippen LogP contribution >= 0.6 is 38.9 Å². The van der Waals surface area contributed by atoms with Gasteiger partial charge in [-0.15, -0.1) is 22.9 Å². The van der Waals surface area contributed by atoms with Gasteiger partial charge in [-0.25, -0.2) is 4.98 Å². The van der Waals surface area contributed by atoms with Crippen LogP contribution in [-0.4, -0.2) is 14.8 Å². The van der Waals surface area contributed by atoms with Crippen LogP contribution in [0.2, 0.25) is 0 Å². The molecule has 15 heavy (non-hydrogen) atoms. The van der Waals surface area contributed by atoms with Gasteiger partial charge in [-0.05, 0) is 22.9 Å². The van der Waals surface area contributed by atoms with E-state index in [-0.39, 0.29) is 6.04 Å². The Hall–Kier alpha value is -0.390. The third-order valence-electron chi connectivity index (χ3n) is 2.03. The summed E-state index contributed by atoms with van der Waals surface area (Å²) in [5.74, 6) is 0.464. The summed E-state index contributed by atoms with van der Waals surface area (Å²) in [7, 11) is 0. The Kier molecular flexibility index (Phi) is 3.43. The molecule has 1 atom stereocenters. The van der Waals surface area contributed by atoms with Crippen LogP contribution in [0.4, 0.5) is 0 Å². The number of halogens is 2. The van der Waals surface area contributed by atoms with Crippen molar-refractivity contribution in [1.82, 2.24) is 14.8 Å². The van der Waals surface area contributed by atoms with Gasteiger partial charge in [0.15, 0.2) is 0 Å². The van der Waals surface area contributed by atoms with Crippen molar-refractivity contribution in [3.63, 3.8) is 0 Å². The third kappa shape index (κ3) is 2.41. The zero-order valence-corrected chi connectivity index (χ0v) is 11.2. The lowest BCUT2D eigenvalue weighted by Gasteiger charge is -2.07. The molecule has 0 aromatic carbocycles. The summed E-state index contributed by atoms with van der Waals surface area (Å²) in [6.07, 6.45) is 3.71. The highest BCUT2D eigenvalue weighted by atomic mass is 79.9. The SMILES string of the molecule is CC(c1nc(CCl)cs1)n1cc(Br)cn1. The first kappa shape index (κ1) is 11.1. The Balaban J connectivity index is 2.23. The van der Waals surface area contributed by atoms with E-state index < -0.39 is 0 Å². The summed E-state index contributed by atoms with van der Waals surface area (Å²) in [5, 5.41) is 7.24. The van der Waals surface area contributed by atoms with Gasteiger partial charge >= 0.3 is 0 Å². The summed E-state index contributed by atoms with van der Waals surface area (Å²) >= 11 is 10.7. The fourth-order valence-corrected chi connectivity index (χ4v) is 2.61. The Morgan fingerprint density at radius 3 is 3.00 bits per heavy atom. The first-order valence-electron chi connectivity index (χ1n) is 4.40. The van der Waals surface area contributed by atoms with E-state index in [1.54, 1.807) is 17.5 Å². The molecule has 0 saturated heterocycles. The molecule has 0 N–H and O–H groups in total. The van der Waals surface area contributed by atoms with Crippen molar-refractivity contribution < 1.29 is 0 Å². The van der Waals surface area contributed by atoms with Gasteiger partial charge in [-0.3, -0.25) is 4.68 Å². The number of aromatic nitrogens is 3. The minimum Gasteiger partial charge on any atom is -0.262 e. The van der Waals surface area contributed by atoms with E-state index >= 15 is 0 Å². The zero-order chi connectivity index (χ0) is 10.8. The second-order valence-electron chi connectivity index (χ2n) is 3.13. The number of nitrogens with zero attached hydrogens (tertiary/aromatic N) is 3.